The molecule has 4 heteroatoms. The van der Waals surface area contributed by atoms with Crippen LogP contribution in [0.3, 0.4) is 0 Å². The summed E-state index contributed by atoms with van der Waals surface area (Å²) in [5.74, 6) is 1.27. The number of carbonyl (C=O) groups excluding carboxylic acids is 1. The molecule has 100 valence electrons. The zero-order valence-electron chi connectivity index (χ0n) is 10.9. The summed E-state index contributed by atoms with van der Waals surface area (Å²) >= 11 is 0. The molecular formula is C15H17NO3. The Bertz CT molecular complexity index is 598. The van der Waals surface area contributed by atoms with Crippen molar-refractivity contribution in [3.05, 3.63) is 30.0 Å². The lowest BCUT2D eigenvalue weighted by Crippen LogP contribution is -2.26. The maximum Gasteiger partial charge on any atom is 0.223 e. The van der Waals surface area contributed by atoms with Gasteiger partial charge in [0.1, 0.15) is 11.3 Å². The SMILES string of the molecule is COc1ccc2occ(CCNC(=O)C3CC3)c2c1. The minimum atomic E-state index is 0.186. The lowest BCUT2D eigenvalue weighted by atomic mass is 10.1. The molecule has 1 N–H and O–H groups in total. The Morgan fingerprint density at radius 3 is 3.05 bits per heavy atom. The van der Waals surface area contributed by atoms with Gasteiger partial charge in [0.15, 0.2) is 0 Å². The second-order valence-corrected chi connectivity index (χ2v) is 4.94. The van der Waals surface area contributed by atoms with Crippen molar-refractivity contribution >= 4 is 16.9 Å². The van der Waals surface area contributed by atoms with Crippen LogP contribution in [0, 0.1) is 5.92 Å². The second-order valence-electron chi connectivity index (χ2n) is 4.94. The highest BCUT2D eigenvalue weighted by atomic mass is 16.5. The molecule has 1 aliphatic carbocycles. The molecular weight excluding hydrogens is 242 g/mol. The Labute approximate surface area is 111 Å². The highest BCUT2D eigenvalue weighted by Crippen LogP contribution is 2.29. The van der Waals surface area contributed by atoms with Crippen molar-refractivity contribution < 1.29 is 13.9 Å². The van der Waals surface area contributed by atoms with E-state index in [1.165, 1.54) is 0 Å². The zero-order chi connectivity index (χ0) is 13.2. The lowest BCUT2D eigenvalue weighted by molar-refractivity contribution is -0.122. The minimum absolute atomic E-state index is 0.186. The number of nitrogens with one attached hydrogen (secondary N) is 1. The van der Waals surface area contributed by atoms with Crippen LogP contribution < -0.4 is 10.1 Å². The number of amides is 1. The predicted octanol–water partition coefficient (Wildman–Crippen LogP) is 2.51. The molecule has 1 saturated carbocycles. The molecule has 0 unspecified atom stereocenters. The van der Waals surface area contributed by atoms with Crippen molar-refractivity contribution in [2.45, 2.75) is 19.3 Å². The Kier molecular flexibility index (Phi) is 3.15. The maximum absolute atomic E-state index is 11.5. The molecule has 3 rings (SSSR count). The van der Waals surface area contributed by atoms with Gasteiger partial charge < -0.3 is 14.5 Å². The van der Waals surface area contributed by atoms with Crippen LogP contribution in [0.1, 0.15) is 18.4 Å². The summed E-state index contributed by atoms with van der Waals surface area (Å²) < 4.78 is 10.7. The molecule has 1 aromatic heterocycles. The first kappa shape index (κ1) is 12.1. The number of hydrogen-bond acceptors (Lipinski definition) is 3. The number of fused-ring (bicyclic) bond motifs is 1. The van der Waals surface area contributed by atoms with Gasteiger partial charge >= 0.3 is 0 Å². The van der Waals surface area contributed by atoms with Crippen LogP contribution >= 0.6 is 0 Å². The van der Waals surface area contributed by atoms with Gasteiger partial charge in [-0.15, -0.1) is 0 Å². The number of carbonyl (C=O) groups is 1. The summed E-state index contributed by atoms with van der Waals surface area (Å²) in [6.07, 6.45) is 4.61. The van der Waals surface area contributed by atoms with Gasteiger partial charge in [0, 0.05) is 23.4 Å². The largest absolute Gasteiger partial charge is 0.497 e. The maximum atomic E-state index is 11.5. The molecule has 1 aliphatic rings. The first-order valence-electron chi connectivity index (χ1n) is 6.60. The number of rotatable bonds is 5. The monoisotopic (exact) mass is 259 g/mol. The van der Waals surface area contributed by atoms with Crippen LogP contribution in [0.25, 0.3) is 11.0 Å². The normalized spacial score (nSPS) is 14.6. The van der Waals surface area contributed by atoms with Crippen LogP contribution in [-0.4, -0.2) is 19.6 Å². The van der Waals surface area contributed by atoms with Gasteiger partial charge in [-0.05, 0) is 37.5 Å². The van der Waals surface area contributed by atoms with Crippen molar-refractivity contribution in [3.8, 4) is 5.75 Å². The van der Waals surface area contributed by atoms with Gasteiger partial charge in [-0.2, -0.15) is 0 Å². The molecule has 0 spiro atoms. The highest BCUT2D eigenvalue weighted by molar-refractivity contribution is 5.83. The molecule has 1 heterocycles. The molecule has 0 aliphatic heterocycles. The van der Waals surface area contributed by atoms with Crippen molar-refractivity contribution in [2.24, 2.45) is 5.92 Å². The summed E-state index contributed by atoms with van der Waals surface area (Å²) in [4.78, 5) is 11.5. The third-order valence-corrected chi connectivity index (χ3v) is 3.50. The predicted molar refractivity (Wildman–Crippen MR) is 72.2 cm³/mol. The first-order valence-corrected chi connectivity index (χ1v) is 6.60. The average molecular weight is 259 g/mol. The van der Waals surface area contributed by atoms with Crippen LogP contribution in [0.5, 0.6) is 5.75 Å². The second kappa shape index (κ2) is 4.96. The minimum Gasteiger partial charge on any atom is -0.497 e. The van der Waals surface area contributed by atoms with Gasteiger partial charge in [0.2, 0.25) is 5.91 Å². The van der Waals surface area contributed by atoms with E-state index in [4.69, 9.17) is 9.15 Å². The Morgan fingerprint density at radius 2 is 2.32 bits per heavy atom. The van der Waals surface area contributed by atoms with E-state index in [0.29, 0.717) is 6.54 Å². The molecule has 0 atom stereocenters. The summed E-state index contributed by atoms with van der Waals surface area (Å²) in [7, 11) is 1.65. The van der Waals surface area contributed by atoms with Crippen LogP contribution in [0.4, 0.5) is 0 Å². The fraction of sp³-hybridized carbons (Fsp3) is 0.400. The molecule has 0 saturated heterocycles. The third kappa shape index (κ3) is 2.57. The van der Waals surface area contributed by atoms with E-state index < -0.39 is 0 Å². The quantitative estimate of drug-likeness (QED) is 0.897. The summed E-state index contributed by atoms with van der Waals surface area (Å²) in [6.45, 7) is 0.654. The zero-order valence-corrected chi connectivity index (χ0v) is 10.9. The average Bonchev–Trinajstić information content (AvgIpc) is 3.21. The van der Waals surface area contributed by atoms with Crippen molar-refractivity contribution in [1.82, 2.24) is 5.32 Å². The summed E-state index contributed by atoms with van der Waals surface area (Å²) in [5.41, 5.74) is 1.95. The fourth-order valence-corrected chi connectivity index (χ4v) is 2.19. The topological polar surface area (TPSA) is 51.5 Å². The Hall–Kier alpha value is -1.97. The number of ether oxygens (including phenoxy) is 1. The summed E-state index contributed by atoms with van der Waals surface area (Å²) in [6, 6.07) is 5.75. The van der Waals surface area contributed by atoms with Crippen molar-refractivity contribution in [1.29, 1.82) is 0 Å². The van der Waals surface area contributed by atoms with Crippen LogP contribution in [0.2, 0.25) is 0 Å². The summed E-state index contributed by atoms with van der Waals surface area (Å²) in [5, 5.41) is 4.02. The fourth-order valence-electron chi connectivity index (χ4n) is 2.19. The molecule has 4 nitrogen and oxygen atoms in total. The molecule has 19 heavy (non-hydrogen) atoms. The van der Waals surface area contributed by atoms with E-state index in [0.717, 1.165) is 41.5 Å². The molecule has 1 fully saturated rings. The van der Waals surface area contributed by atoms with Gasteiger partial charge in [-0.3, -0.25) is 4.79 Å². The molecule has 1 amide bonds. The van der Waals surface area contributed by atoms with Crippen LogP contribution in [-0.2, 0) is 11.2 Å². The highest BCUT2D eigenvalue weighted by Gasteiger charge is 2.29. The lowest BCUT2D eigenvalue weighted by Gasteiger charge is -2.03. The smallest absolute Gasteiger partial charge is 0.223 e. The van der Waals surface area contributed by atoms with Crippen LogP contribution in [0.15, 0.2) is 28.9 Å². The number of hydrogen-bond donors (Lipinski definition) is 1. The third-order valence-electron chi connectivity index (χ3n) is 3.50. The van der Waals surface area contributed by atoms with E-state index in [-0.39, 0.29) is 11.8 Å². The van der Waals surface area contributed by atoms with E-state index in [9.17, 15) is 4.79 Å². The van der Waals surface area contributed by atoms with Crippen molar-refractivity contribution in [3.63, 3.8) is 0 Å². The van der Waals surface area contributed by atoms with Gasteiger partial charge in [0.25, 0.3) is 0 Å². The molecule has 2 aromatic rings. The Morgan fingerprint density at radius 1 is 1.47 bits per heavy atom. The number of furan rings is 1. The molecule has 0 radical (unpaired) electrons. The number of benzene rings is 1. The van der Waals surface area contributed by atoms with Gasteiger partial charge in [-0.25, -0.2) is 0 Å². The van der Waals surface area contributed by atoms with Gasteiger partial charge in [-0.1, -0.05) is 0 Å². The van der Waals surface area contributed by atoms with Gasteiger partial charge in [0.05, 0.1) is 13.4 Å². The van der Waals surface area contributed by atoms with E-state index in [2.05, 4.69) is 5.32 Å². The van der Waals surface area contributed by atoms with Crippen molar-refractivity contribution in [2.75, 3.05) is 13.7 Å². The van der Waals surface area contributed by atoms with E-state index in [1.54, 1.807) is 13.4 Å². The van der Waals surface area contributed by atoms with E-state index >= 15 is 0 Å². The molecule has 0 bridgehead atoms. The Balaban J connectivity index is 1.67. The number of methoxy groups -OCH3 is 1. The standard InChI is InChI=1S/C15H17NO3/c1-18-12-4-5-14-13(8-12)11(9-19-14)6-7-16-15(17)10-2-3-10/h4-5,8-10H,2-3,6-7H2,1H3,(H,16,17). The van der Waals surface area contributed by atoms with E-state index in [1.807, 2.05) is 18.2 Å². The first-order chi connectivity index (χ1) is 9.28. The molecule has 1 aromatic carbocycles.